The van der Waals surface area contributed by atoms with Crippen LogP contribution in [0.4, 0.5) is 5.69 Å². The lowest BCUT2D eigenvalue weighted by molar-refractivity contribution is -0.114. The molecule has 1 aliphatic carbocycles. The van der Waals surface area contributed by atoms with Crippen LogP contribution in [-0.4, -0.2) is 11.8 Å². The number of benzene rings is 2. The molecule has 0 bridgehead atoms. The van der Waals surface area contributed by atoms with E-state index in [4.69, 9.17) is 0 Å². The van der Waals surface area contributed by atoms with Gasteiger partial charge >= 0.3 is 0 Å². The van der Waals surface area contributed by atoms with Crippen LogP contribution in [0, 0.1) is 11.3 Å². The molecule has 1 saturated carbocycles. The molecule has 2 N–H and O–H groups in total. The Morgan fingerprint density at radius 1 is 1.15 bits per heavy atom. The predicted molar refractivity (Wildman–Crippen MR) is 99.6 cm³/mol. The fourth-order valence-electron chi connectivity index (χ4n) is 2.98. The molecule has 3 rings (SSSR count). The summed E-state index contributed by atoms with van der Waals surface area (Å²) in [7, 11) is 0. The standard InChI is InChI=1S/C21H21N3O2/c1-14(17-4-3-5-19(12-17)24-15(2)25)23-20(26)16-6-8-18(9-7-16)21(13-22)10-11-21/h3-9,12,14H,10-11H2,1-2H3,(H,23,26)(H,24,25). The van der Waals surface area contributed by atoms with E-state index in [1.807, 2.05) is 37.3 Å². The third-order valence-electron chi connectivity index (χ3n) is 4.72. The van der Waals surface area contributed by atoms with E-state index in [9.17, 15) is 14.9 Å². The summed E-state index contributed by atoms with van der Waals surface area (Å²) >= 11 is 0. The van der Waals surface area contributed by atoms with Gasteiger partial charge < -0.3 is 10.6 Å². The van der Waals surface area contributed by atoms with Crippen LogP contribution in [0.25, 0.3) is 0 Å². The summed E-state index contributed by atoms with van der Waals surface area (Å²) < 4.78 is 0. The van der Waals surface area contributed by atoms with E-state index in [1.54, 1.807) is 18.2 Å². The molecule has 1 unspecified atom stereocenters. The number of nitrogens with one attached hydrogen (secondary N) is 2. The fourth-order valence-corrected chi connectivity index (χ4v) is 2.98. The van der Waals surface area contributed by atoms with Crippen LogP contribution in [0.15, 0.2) is 48.5 Å². The van der Waals surface area contributed by atoms with E-state index in [2.05, 4.69) is 16.7 Å². The van der Waals surface area contributed by atoms with Gasteiger partial charge in [-0.25, -0.2) is 0 Å². The summed E-state index contributed by atoms with van der Waals surface area (Å²) in [5.41, 5.74) is 2.81. The van der Waals surface area contributed by atoms with Crippen molar-refractivity contribution in [3.63, 3.8) is 0 Å². The highest BCUT2D eigenvalue weighted by Gasteiger charge is 2.44. The summed E-state index contributed by atoms with van der Waals surface area (Å²) in [6.07, 6.45) is 1.77. The quantitative estimate of drug-likeness (QED) is 0.865. The number of carbonyl (C=O) groups excluding carboxylic acids is 2. The number of rotatable bonds is 5. The number of hydrogen-bond donors (Lipinski definition) is 2. The van der Waals surface area contributed by atoms with Gasteiger partial charge in [0.25, 0.3) is 5.91 Å². The number of carbonyl (C=O) groups is 2. The van der Waals surface area contributed by atoms with Crippen LogP contribution in [0.5, 0.6) is 0 Å². The van der Waals surface area contributed by atoms with Gasteiger partial charge in [0.2, 0.25) is 5.91 Å². The molecule has 1 fully saturated rings. The summed E-state index contributed by atoms with van der Waals surface area (Å²) in [5.74, 6) is -0.305. The second-order valence-corrected chi connectivity index (χ2v) is 6.77. The van der Waals surface area contributed by atoms with E-state index in [-0.39, 0.29) is 23.3 Å². The Balaban J connectivity index is 1.68. The van der Waals surface area contributed by atoms with Crippen molar-refractivity contribution in [2.45, 2.75) is 38.1 Å². The van der Waals surface area contributed by atoms with E-state index >= 15 is 0 Å². The first-order valence-electron chi connectivity index (χ1n) is 8.64. The lowest BCUT2D eigenvalue weighted by Gasteiger charge is -2.16. The number of nitrogens with zero attached hydrogens (tertiary/aromatic N) is 1. The lowest BCUT2D eigenvalue weighted by atomic mass is 9.96. The zero-order valence-corrected chi connectivity index (χ0v) is 14.9. The van der Waals surface area contributed by atoms with Gasteiger partial charge in [0.05, 0.1) is 17.5 Å². The Morgan fingerprint density at radius 2 is 1.85 bits per heavy atom. The van der Waals surface area contributed by atoms with Crippen LogP contribution >= 0.6 is 0 Å². The normalized spacial score (nSPS) is 15.4. The monoisotopic (exact) mass is 347 g/mol. The number of anilines is 1. The maximum absolute atomic E-state index is 12.5. The summed E-state index contributed by atoms with van der Waals surface area (Å²) in [4.78, 5) is 23.7. The molecule has 132 valence electrons. The molecule has 0 heterocycles. The first-order valence-corrected chi connectivity index (χ1v) is 8.64. The molecule has 1 atom stereocenters. The average Bonchev–Trinajstić information content (AvgIpc) is 3.43. The van der Waals surface area contributed by atoms with Gasteiger partial charge in [-0.05, 0) is 55.2 Å². The zero-order chi connectivity index (χ0) is 18.7. The third kappa shape index (κ3) is 3.75. The number of nitriles is 1. The van der Waals surface area contributed by atoms with Gasteiger partial charge in [0.1, 0.15) is 0 Å². The van der Waals surface area contributed by atoms with Crippen molar-refractivity contribution in [2.24, 2.45) is 0 Å². The van der Waals surface area contributed by atoms with Crippen LogP contribution in [0.1, 0.15) is 54.2 Å². The van der Waals surface area contributed by atoms with Gasteiger partial charge in [0, 0.05) is 18.2 Å². The summed E-state index contributed by atoms with van der Waals surface area (Å²) in [5, 5.41) is 15.0. The van der Waals surface area contributed by atoms with Crippen molar-refractivity contribution in [3.8, 4) is 6.07 Å². The minimum absolute atomic E-state index is 0.135. The van der Waals surface area contributed by atoms with E-state index in [0.717, 1.165) is 24.0 Å². The van der Waals surface area contributed by atoms with E-state index in [0.29, 0.717) is 11.3 Å². The fraction of sp³-hybridized carbons (Fsp3) is 0.286. The van der Waals surface area contributed by atoms with Crippen molar-refractivity contribution in [1.82, 2.24) is 5.32 Å². The first-order chi connectivity index (χ1) is 12.4. The molecule has 2 aromatic rings. The molecule has 26 heavy (non-hydrogen) atoms. The highest BCUT2D eigenvalue weighted by atomic mass is 16.2. The average molecular weight is 347 g/mol. The molecular weight excluding hydrogens is 326 g/mol. The molecule has 0 radical (unpaired) electrons. The Kier molecular flexibility index (Phi) is 4.77. The van der Waals surface area contributed by atoms with Crippen molar-refractivity contribution in [3.05, 3.63) is 65.2 Å². The molecular formula is C21H21N3O2. The smallest absolute Gasteiger partial charge is 0.251 e. The maximum atomic E-state index is 12.5. The van der Waals surface area contributed by atoms with Gasteiger partial charge in [0.15, 0.2) is 0 Å². The van der Waals surface area contributed by atoms with Crippen molar-refractivity contribution >= 4 is 17.5 Å². The molecule has 0 aromatic heterocycles. The predicted octanol–water partition coefficient (Wildman–Crippen LogP) is 3.69. The zero-order valence-electron chi connectivity index (χ0n) is 14.9. The maximum Gasteiger partial charge on any atom is 0.251 e. The SMILES string of the molecule is CC(=O)Nc1cccc(C(C)NC(=O)c2ccc(C3(C#N)CC3)cc2)c1. The van der Waals surface area contributed by atoms with Crippen LogP contribution in [-0.2, 0) is 10.2 Å². The molecule has 2 amide bonds. The second kappa shape index (κ2) is 7.01. The Hall–Kier alpha value is -3.13. The second-order valence-electron chi connectivity index (χ2n) is 6.77. The summed E-state index contributed by atoms with van der Waals surface area (Å²) in [6.45, 7) is 3.35. The lowest BCUT2D eigenvalue weighted by Crippen LogP contribution is -2.26. The topological polar surface area (TPSA) is 82.0 Å². The Morgan fingerprint density at radius 3 is 2.42 bits per heavy atom. The van der Waals surface area contributed by atoms with Gasteiger partial charge in [-0.15, -0.1) is 0 Å². The highest BCUT2D eigenvalue weighted by Crippen LogP contribution is 2.47. The van der Waals surface area contributed by atoms with Gasteiger partial charge in [-0.1, -0.05) is 24.3 Å². The molecule has 5 heteroatoms. The Labute approximate surface area is 153 Å². The molecule has 0 aliphatic heterocycles. The van der Waals surface area contributed by atoms with Crippen molar-refractivity contribution < 1.29 is 9.59 Å². The first kappa shape index (κ1) is 17.7. The number of hydrogen-bond acceptors (Lipinski definition) is 3. The van der Waals surface area contributed by atoms with E-state index in [1.165, 1.54) is 6.92 Å². The molecule has 1 aliphatic rings. The number of amides is 2. The van der Waals surface area contributed by atoms with Crippen molar-refractivity contribution in [2.75, 3.05) is 5.32 Å². The third-order valence-corrected chi connectivity index (χ3v) is 4.72. The van der Waals surface area contributed by atoms with Gasteiger partial charge in [-0.3, -0.25) is 9.59 Å². The molecule has 0 spiro atoms. The Bertz CT molecular complexity index is 877. The summed E-state index contributed by atoms with van der Waals surface area (Å²) in [6, 6.07) is 16.8. The van der Waals surface area contributed by atoms with Gasteiger partial charge in [-0.2, -0.15) is 5.26 Å². The van der Waals surface area contributed by atoms with Crippen LogP contribution in [0.3, 0.4) is 0 Å². The minimum Gasteiger partial charge on any atom is -0.346 e. The van der Waals surface area contributed by atoms with Crippen molar-refractivity contribution in [1.29, 1.82) is 5.26 Å². The molecule has 0 saturated heterocycles. The minimum atomic E-state index is -0.341. The van der Waals surface area contributed by atoms with Crippen LogP contribution in [0.2, 0.25) is 0 Å². The molecule has 2 aromatic carbocycles. The van der Waals surface area contributed by atoms with Crippen LogP contribution < -0.4 is 10.6 Å². The highest BCUT2D eigenvalue weighted by molar-refractivity contribution is 5.94. The molecule has 5 nitrogen and oxygen atoms in total. The largest absolute Gasteiger partial charge is 0.346 e. The van der Waals surface area contributed by atoms with E-state index < -0.39 is 0 Å².